The second kappa shape index (κ2) is 7.79. The van der Waals surface area contributed by atoms with Crippen molar-refractivity contribution in [2.24, 2.45) is 0 Å². The normalized spacial score (nSPS) is 14.4. The van der Waals surface area contributed by atoms with E-state index >= 15 is 0 Å². The highest BCUT2D eigenvalue weighted by molar-refractivity contribution is 5.94. The average molecular weight is 391 g/mol. The molecule has 4 rings (SSSR count). The molecule has 0 radical (unpaired) electrons. The number of aryl methyl sites for hydroxylation is 3. The monoisotopic (exact) mass is 391 g/mol. The third-order valence-electron chi connectivity index (χ3n) is 5.56. The Labute approximate surface area is 169 Å². The molecule has 2 aromatic carbocycles. The van der Waals surface area contributed by atoms with Crippen molar-refractivity contribution in [3.05, 3.63) is 74.7 Å². The van der Waals surface area contributed by atoms with Gasteiger partial charge in [-0.15, -0.1) is 0 Å². The van der Waals surface area contributed by atoms with Crippen LogP contribution < -0.4 is 5.56 Å². The van der Waals surface area contributed by atoms with Crippen molar-refractivity contribution in [3.63, 3.8) is 0 Å². The minimum atomic E-state index is -0.0887. The molecule has 6 nitrogen and oxygen atoms in total. The Hall–Kier alpha value is -2.99. The van der Waals surface area contributed by atoms with Gasteiger partial charge < -0.3 is 14.2 Å². The van der Waals surface area contributed by atoms with E-state index in [1.54, 1.807) is 11.5 Å². The van der Waals surface area contributed by atoms with Crippen molar-refractivity contribution in [1.82, 2.24) is 14.5 Å². The van der Waals surface area contributed by atoms with Gasteiger partial charge in [0.15, 0.2) is 0 Å². The number of morpholine rings is 1. The van der Waals surface area contributed by atoms with Crippen LogP contribution in [0, 0.1) is 20.8 Å². The molecule has 0 unspecified atom stereocenters. The maximum absolute atomic E-state index is 12.8. The smallest absolute Gasteiger partial charge is 0.272 e. The Balaban J connectivity index is 1.65. The number of carbonyl (C=O) groups excluding carboxylic acids is 1. The standard InChI is InChI=1S/C23H25N3O3/c1-15-12-20-21(13-16(15)2)26(22(27)17(3)24-20)14-18-4-6-19(7-5-18)23(28)25-8-10-29-11-9-25/h4-7,12-13H,8-11,14H2,1-3H3. The van der Waals surface area contributed by atoms with Gasteiger partial charge in [-0.05, 0) is 61.7 Å². The largest absolute Gasteiger partial charge is 0.378 e. The van der Waals surface area contributed by atoms with E-state index in [1.165, 1.54) is 0 Å². The Kier molecular flexibility index (Phi) is 5.20. The summed E-state index contributed by atoms with van der Waals surface area (Å²) in [6, 6.07) is 11.6. The number of hydrogen-bond donors (Lipinski definition) is 0. The molecule has 150 valence electrons. The van der Waals surface area contributed by atoms with Crippen LogP contribution in [0.4, 0.5) is 0 Å². The quantitative estimate of drug-likeness (QED) is 0.689. The third-order valence-corrected chi connectivity index (χ3v) is 5.56. The van der Waals surface area contributed by atoms with Crippen molar-refractivity contribution in [2.45, 2.75) is 27.3 Å². The van der Waals surface area contributed by atoms with Gasteiger partial charge in [0, 0.05) is 18.7 Å². The molecule has 2 heterocycles. The number of nitrogens with zero attached hydrogens (tertiary/aromatic N) is 3. The molecule has 0 aliphatic carbocycles. The molecular formula is C23H25N3O3. The van der Waals surface area contributed by atoms with Gasteiger partial charge in [-0.25, -0.2) is 4.98 Å². The van der Waals surface area contributed by atoms with Crippen LogP contribution in [-0.4, -0.2) is 46.7 Å². The molecule has 1 aliphatic rings. The van der Waals surface area contributed by atoms with E-state index < -0.39 is 0 Å². The van der Waals surface area contributed by atoms with Gasteiger partial charge in [0.05, 0.1) is 30.8 Å². The van der Waals surface area contributed by atoms with Gasteiger partial charge in [-0.1, -0.05) is 12.1 Å². The fourth-order valence-electron chi connectivity index (χ4n) is 3.67. The molecule has 0 saturated carbocycles. The zero-order valence-electron chi connectivity index (χ0n) is 17.1. The molecule has 6 heteroatoms. The van der Waals surface area contributed by atoms with Gasteiger partial charge in [-0.3, -0.25) is 9.59 Å². The van der Waals surface area contributed by atoms with Crippen LogP contribution in [0.2, 0.25) is 0 Å². The highest BCUT2D eigenvalue weighted by atomic mass is 16.5. The molecule has 29 heavy (non-hydrogen) atoms. The number of hydrogen-bond acceptors (Lipinski definition) is 4. The number of carbonyl (C=O) groups is 1. The first-order valence-electron chi connectivity index (χ1n) is 9.88. The van der Waals surface area contributed by atoms with Crippen molar-refractivity contribution in [3.8, 4) is 0 Å². The summed E-state index contributed by atoms with van der Waals surface area (Å²) in [5.41, 5.74) is 5.96. The molecule has 0 atom stereocenters. The predicted octanol–water partition coefficient (Wildman–Crippen LogP) is 2.84. The fraction of sp³-hybridized carbons (Fsp3) is 0.348. The fourth-order valence-corrected chi connectivity index (χ4v) is 3.67. The van der Waals surface area contributed by atoms with Crippen LogP contribution in [0.25, 0.3) is 11.0 Å². The summed E-state index contributed by atoms with van der Waals surface area (Å²) in [5.74, 6) is 0.0216. The first-order valence-corrected chi connectivity index (χ1v) is 9.88. The zero-order valence-corrected chi connectivity index (χ0v) is 17.1. The molecule has 0 spiro atoms. The Bertz CT molecular complexity index is 1130. The van der Waals surface area contributed by atoms with Crippen molar-refractivity contribution >= 4 is 16.9 Å². The Morgan fingerprint density at radius 1 is 1.03 bits per heavy atom. The minimum Gasteiger partial charge on any atom is -0.378 e. The molecule has 1 fully saturated rings. The Morgan fingerprint density at radius 2 is 1.69 bits per heavy atom. The van der Waals surface area contributed by atoms with Crippen LogP contribution >= 0.6 is 0 Å². The zero-order chi connectivity index (χ0) is 20.5. The van der Waals surface area contributed by atoms with Crippen LogP contribution in [0.5, 0.6) is 0 Å². The van der Waals surface area contributed by atoms with Gasteiger partial charge in [0.25, 0.3) is 11.5 Å². The number of ether oxygens (including phenoxy) is 1. The predicted molar refractivity (Wildman–Crippen MR) is 112 cm³/mol. The first-order chi connectivity index (χ1) is 13.9. The number of fused-ring (bicyclic) bond motifs is 1. The van der Waals surface area contributed by atoms with E-state index in [1.807, 2.05) is 55.1 Å². The van der Waals surface area contributed by atoms with Crippen LogP contribution in [0.15, 0.2) is 41.2 Å². The third kappa shape index (κ3) is 3.80. The van der Waals surface area contributed by atoms with Gasteiger partial charge >= 0.3 is 0 Å². The average Bonchev–Trinajstić information content (AvgIpc) is 2.74. The van der Waals surface area contributed by atoms with Crippen LogP contribution in [0.1, 0.15) is 32.7 Å². The summed E-state index contributed by atoms with van der Waals surface area (Å²) < 4.78 is 7.08. The van der Waals surface area contributed by atoms with Gasteiger partial charge in [0.1, 0.15) is 5.69 Å². The van der Waals surface area contributed by atoms with Crippen LogP contribution in [0.3, 0.4) is 0 Å². The molecule has 1 aromatic heterocycles. The molecule has 3 aromatic rings. The Morgan fingerprint density at radius 3 is 2.38 bits per heavy atom. The number of rotatable bonds is 3. The summed E-state index contributed by atoms with van der Waals surface area (Å²) in [7, 11) is 0. The molecule has 0 N–H and O–H groups in total. The molecule has 1 saturated heterocycles. The van der Waals surface area contributed by atoms with E-state index in [2.05, 4.69) is 4.98 Å². The summed E-state index contributed by atoms with van der Waals surface area (Å²) in [6.45, 7) is 8.68. The summed E-state index contributed by atoms with van der Waals surface area (Å²) in [4.78, 5) is 31.7. The second-order valence-electron chi connectivity index (χ2n) is 7.62. The highest BCUT2D eigenvalue weighted by Gasteiger charge is 2.18. The molecule has 0 bridgehead atoms. The lowest BCUT2D eigenvalue weighted by Crippen LogP contribution is -2.40. The van der Waals surface area contributed by atoms with E-state index in [0.29, 0.717) is 44.1 Å². The van der Waals surface area contributed by atoms with E-state index in [0.717, 1.165) is 27.7 Å². The van der Waals surface area contributed by atoms with Crippen molar-refractivity contribution in [2.75, 3.05) is 26.3 Å². The maximum Gasteiger partial charge on any atom is 0.272 e. The molecule has 1 amide bonds. The molecular weight excluding hydrogens is 366 g/mol. The lowest BCUT2D eigenvalue weighted by Gasteiger charge is -2.26. The summed E-state index contributed by atoms with van der Waals surface area (Å²) in [5, 5.41) is 0. The summed E-state index contributed by atoms with van der Waals surface area (Å²) >= 11 is 0. The second-order valence-corrected chi connectivity index (χ2v) is 7.62. The highest BCUT2D eigenvalue weighted by Crippen LogP contribution is 2.18. The first kappa shape index (κ1) is 19.3. The van der Waals surface area contributed by atoms with E-state index in [4.69, 9.17) is 4.74 Å². The topological polar surface area (TPSA) is 64.4 Å². The lowest BCUT2D eigenvalue weighted by atomic mass is 10.1. The van der Waals surface area contributed by atoms with Gasteiger partial charge in [0.2, 0.25) is 0 Å². The summed E-state index contributed by atoms with van der Waals surface area (Å²) in [6.07, 6.45) is 0. The van der Waals surface area contributed by atoms with E-state index in [9.17, 15) is 9.59 Å². The van der Waals surface area contributed by atoms with Crippen LogP contribution in [-0.2, 0) is 11.3 Å². The number of aromatic nitrogens is 2. The van der Waals surface area contributed by atoms with Crippen molar-refractivity contribution in [1.29, 1.82) is 0 Å². The SMILES string of the molecule is Cc1cc2nc(C)c(=O)n(Cc3ccc(C(=O)N4CCOCC4)cc3)c2cc1C. The van der Waals surface area contributed by atoms with E-state index in [-0.39, 0.29) is 11.5 Å². The van der Waals surface area contributed by atoms with Crippen molar-refractivity contribution < 1.29 is 9.53 Å². The number of amides is 1. The lowest BCUT2D eigenvalue weighted by molar-refractivity contribution is 0.0303. The number of benzene rings is 2. The maximum atomic E-state index is 12.8. The van der Waals surface area contributed by atoms with Gasteiger partial charge in [-0.2, -0.15) is 0 Å². The molecule has 1 aliphatic heterocycles. The minimum absolute atomic E-state index is 0.0216.